The van der Waals surface area contributed by atoms with Crippen LogP contribution in [0.4, 0.5) is 0 Å². The van der Waals surface area contributed by atoms with Crippen molar-refractivity contribution in [2.75, 3.05) is 0 Å². The van der Waals surface area contributed by atoms with Crippen LogP contribution in [0.2, 0.25) is 0 Å². The van der Waals surface area contributed by atoms with Crippen molar-refractivity contribution in [1.29, 1.82) is 0 Å². The molecule has 0 spiro atoms. The molecule has 0 aliphatic carbocycles. The molecule has 0 fully saturated rings. The predicted molar refractivity (Wildman–Crippen MR) is 65.3 cm³/mol. The summed E-state index contributed by atoms with van der Waals surface area (Å²) in [5, 5.41) is 0. The van der Waals surface area contributed by atoms with Crippen LogP contribution in [0.5, 0.6) is 0 Å². The Balaban J connectivity index is 2.83. The van der Waals surface area contributed by atoms with Crippen LogP contribution in [-0.4, -0.2) is 0 Å². The van der Waals surface area contributed by atoms with Crippen molar-refractivity contribution in [1.82, 2.24) is 5.43 Å². The van der Waals surface area contributed by atoms with Crippen molar-refractivity contribution < 1.29 is 0 Å². The first-order valence-electron chi connectivity index (χ1n) is 5.37. The summed E-state index contributed by atoms with van der Waals surface area (Å²) in [5.41, 5.74) is 6.61. The molecule has 1 unspecified atom stereocenters. The van der Waals surface area contributed by atoms with Gasteiger partial charge in [-0.3, -0.25) is 11.3 Å². The molecule has 0 radical (unpaired) electrons. The van der Waals surface area contributed by atoms with Gasteiger partial charge in [-0.15, -0.1) is 0 Å². The summed E-state index contributed by atoms with van der Waals surface area (Å²) in [6.45, 7) is 8.24. The number of nitrogens with one attached hydrogen (secondary N) is 1. The highest BCUT2D eigenvalue weighted by Gasteiger charge is 2.11. The van der Waals surface area contributed by atoms with Crippen LogP contribution < -0.4 is 11.3 Å². The fourth-order valence-electron chi connectivity index (χ4n) is 1.67. The lowest BCUT2D eigenvalue weighted by molar-refractivity contribution is 0.542. The summed E-state index contributed by atoms with van der Waals surface area (Å²) in [6, 6.07) is 8.48. The van der Waals surface area contributed by atoms with Crippen LogP contribution in [-0.2, 0) is 0 Å². The van der Waals surface area contributed by atoms with E-state index in [1.165, 1.54) is 16.7 Å². The molecule has 0 saturated carbocycles. The first-order chi connectivity index (χ1) is 7.19. The minimum absolute atomic E-state index is 0.179. The lowest BCUT2D eigenvalue weighted by atomic mass is 9.95. The van der Waals surface area contributed by atoms with E-state index < -0.39 is 0 Å². The van der Waals surface area contributed by atoms with Crippen LogP contribution in [0.15, 0.2) is 36.4 Å². The van der Waals surface area contributed by atoms with Crippen molar-refractivity contribution in [3.8, 4) is 0 Å². The van der Waals surface area contributed by atoms with E-state index in [0.29, 0.717) is 0 Å². The number of hydrogen-bond acceptors (Lipinski definition) is 2. The van der Waals surface area contributed by atoms with Gasteiger partial charge in [0.1, 0.15) is 0 Å². The molecule has 0 aromatic heterocycles. The molecule has 0 aliphatic heterocycles. The maximum Gasteiger partial charge on any atom is 0.0499 e. The van der Waals surface area contributed by atoms with Gasteiger partial charge in [0.25, 0.3) is 0 Å². The maximum absolute atomic E-state index is 5.59. The standard InChI is InChI=1S/C13H20N2/c1-4-10(2)9-13(15-14)12-8-6-5-7-11(12)3/h5-8,13,15H,2,4,9,14H2,1,3H3. The zero-order chi connectivity index (χ0) is 11.3. The molecule has 1 aromatic carbocycles. The molecule has 15 heavy (non-hydrogen) atoms. The third-order valence-corrected chi connectivity index (χ3v) is 2.76. The topological polar surface area (TPSA) is 38.0 Å². The summed E-state index contributed by atoms with van der Waals surface area (Å²) < 4.78 is 0. The zero-order valence-corrected chi connectivity index (χ0v) is 9.59. The van der Waals surface area contributed by atoms with Crippen molar-refractivity contribution in [2.24, 2.45) is 5.84 Å². The normalized spacial score (nSPS) is 12.5. The van der Waals surface area contributed by atoms with Gasteiger partial charge in [-0.1, -0.05) is 43.3 Å². The Morgan fingerprint density at radius 2 is 2.13 bits per heavy atom. The van der Waals surface area contributed by atoms with Gasteiger partial charge in [0, 0.05) is 6.04 Å². The van der Waals surface area contributed by atoms with Crippen LogP contribution in [0.3, 0.4) is 0 Å². The molecule has 2 nitrogen and oxygen atoms in total. The maximum atomic E-state index is 5.59. The highest BCUT2D eigenvalue weighted by molar-refractivity contribution is 5.29. The summed E-state index contributed by atoms with van der Waals surface area (Å²) >= 11 is 0. The number of aryl methyl sites for hydroxylation is 1. The second-order valence-corrected chi connectivity index (χ2v) is 3.88. The SMILES string of the molecule is C=C(CC)CC(NN)c1ccccc1C. The predicted octanol–water partition coefficient (Wildman–Crippen LogP) is 2.86. The molecule has 0 heterocycles. The first-order valence-corrected chi connectivity index (χ1v) is 5.37. The molecule has 1 aromatic rings. The molecule has 3 N–H and O–H groups in total. The highest BCUT2D eigenvalue weighted by atomic mass is 15.2. The van der Waals surface area contributed by atoms with Crippen LogP contribution in [0.25, 0.3) is 0 Å². The van der Waals surface area contributed by atoms with Gasteiger partial charge >= 0.3 is 0 Å². The average molecular weight is 204 g/mol. The molecule has 0 bridgehead atoms. The zero-order valence-electron chi connectivity index (χ0n) is 9.59. The lowest BCUT2D eigenvalue weighted by Crippen LogP contribution is -2.28. The Morgan fingerprint density at radius 1 is 1.47 bits per heavy atom. The Bertz CT molecular complexity index is 331. The quantitative estimate of drug-likeness (QED) is 0.440. The van der Waals surface area contributed by atoms with Crippen LogP contribution >= 0.6 is 0 Å². The van der Waals surface area contributed by atoms with Crippen molar-refractivity contribution >= 4 is 0 Å². The number of hydrazine groups is 1. The molecule has 1 atom stereocenters. The average Bonchev–Trinajstić information content (AvgIpc) is 2.26. The van der Waals surface area contributed by atoms with Crippen molar-refractivity contribution in [3.05, 3.63) is 47.5 Å². The smallest absolute Gasteiger partial charge is 0.0499 e. The first kappa shape index (κ1) is 12.0. The van der Waals surface area contributed by atoms with E-state index in [1.54, 1.807) is 0 Å². The summed E-state index contributed by atoms with van der Waals surface area (Å²) in [6.07, 6.45) is 1.90. The second kappa shape index (κ2) is 5.69. The van der Waals surface area contributed by atoms with E-state index in [0.717, 1.165) is 12.8 Å². The van der Waals surface area contributed by atoms with Gasteiger partial charge in [0.15, 0.2) is 0 Å². The van der Waals surface area contributed by atoms with Crippen molar-refractivity contribution in [2.45, 2.75) is 32.7 Å². The van der Waals surface area contributed by atoms with Gasteiger partial charge in [0.05, 0.1) is 0 Å². The van der Waals surface area contributed by atoms with E-state index in [1.807, 2.05) is 12.1 Å². The molecule has 82 valence electrons. The molecular formula is C13H20N2. The van der Waals surface area contributed by atoms with Gasteiger partial charge < -0.3 is 0 Å². The number of nitrogens with two attached hydrogens (primary N) is 1. The fourth-order valence-corrected chi connectivity index (χ4v) is 1.67. The van der Waals surface area contributed by atoms with E-state index in [-0.39, 0.29) is 6.04 Å². The molecule has 0 aliphatic rings. The largest absolute Gasteiger partial charge is 0.271 e. The monoisotopic (exact) mass is 204 g/mol. The Labute approximate surface area is 92.2 Å². The minimum Gasteiger partial charge on any atom is -0.271 e. The summed E-state index contributed by atoms with van der Waals surface area (Å²) in [5.74, 6) is 5.59. The van der Waals surface area contributed by atoms with Gasteiger partial charge in [-0.25, -0.2) is 0 Å². The van der Waals surface area contributed by atoms with E-state index >= 15 is 0 Å². The molecule has 0 saturated heterocycles. The van der Waals surface area contributed by atoms with Crippen LogP contribution in [0, 0.1) is 6.92 Å². The fraction of sp³-hybridized carbons (Fsp3) is 0.385. The molecule has 0 amide bonds. The summed E-state index contributed by atoms with van der Waals surface area (Å²) in [4.78, 5) is 0. The van der Waals surface area contributed by atoms with E-state index in [9.17, 15) is 0 Å². The second-order valence-electron chi connectivity index (χ2n) is 3.88. The van der Waals surface area contributed by atoms with Gasteiger partial charge in [-0.05, 0) is 30.9 Å². The third-order valence-electron chi connectivity index (χ3n) is 2.76. The third kappa shape index (κ3) is 3.18. The molecular weight excluding hydrogens is 184 g/mol. The Morgan fingerprint density at radius 3 is 2.67 bits per heavy atom. The summed E-state index contributed by atoms with van der Waals surface area (Å²) in [7, 11) is 0. The number of hydrogen-bond donors (Lipinski definition) is 2. The molecule has 1 rings (SSSR count). The van der Waals surface area contributed by atoms with E-state index in [4.69, 9.17) is 5.84 Å². The molecule has 2 heteroatoms. The van der Waals surface area contributed by atoms with Gasteiger partial charge in [-0.2, -0.15) is 0 Å². The minimum atomic E-state index is 0.179. The Kier molecular flexibility index (Phi) is 4.53. The van der Waals surface area contributed by atoms with Crippen LogP contribution in [0.1, 0.15) is 36.9 Å². The van der Waals surface area contributed by atoms with Gasteiger partial charge in [0.2, 0.25) is 0 Å². The van der Waals surface area contributed by atoms with Crippen molar-refractivity contribution in [3.63, 3.8) is 0 Å². The Hall–Kier alpha value is -1.12. The number of benzene rings is 1. The van der Waals surface area contributed by atoms with E-state index in [2.05, 4.69) is 38.0 Å². The number of rotatable bonds is 5. The lowest BCUT2D eigenvalue weighted by Gasteiger charge is -2.19. The highest BCUT2D eigenvalue weighted by Crippen LogP contribution is 2.23.